The summed E-state index contributed by atoms with van der Waals surface area (Å²) in [5.41, 5.74) is 1.13. The van der Waals surface area contributed by atoms with Gasteiger partial charge < -0.3 is 9.73 Å². The van der Waals surface area contributed by atoms with Crippen LogP contribution in [-0.2, 0) is 23.0 Å². The first-order valence-electron chi connectivity index (χ1n) is 6.92. The van der Waals surface area contributed by atoms with Crippen LogP contribution >= 0.6 is 11.3 Å². The second kappa shape index (κ2) is 7.74. The van der Waals surface area contributed by atoms with Gasteiger partial charge in [0.2, 0.25) is 5.09 Å². The average Bonchev–Trinajstić information content (AvgIpc) is 3.10. The average molecular weight is 328 g/mol. The number of sulfonamides is 1. The minimum Gasteiger partial charge on any atom is -0.447 e. The van der Waals surface area contributed by atoms with Crippen molar-refractivity contribution in [2.24, 2.45) is 0 Å². The molecule has 2 heterocycles. The summed E-state index contributed by atoms with van der Waals surface area (Å²) in [5.74, 6) is 0.627. The Morgan fingerprint density at radius 1 is 1.24 bits per heavy atom. The molecule has 0 saturated carbocycles. The summed E-state index contributed by atoms with van der Waals surface area (Å²) in [5, 5.41) is 7.13. The lowest BCUT2D eigenvalue weighted by Crippen LogP contribution is -2.25. The Balaban J connectivity index is 1.86. The molecule has 0 atom stereocenters. The fourth-order valence-corrected chi connectivity index (χ4v) is 3.50. The van der Waals surface area contributed by atoms with Gasteiger partial charge in [0.15, 0.2) is 0 Å². The molecule has 0 aliphatic heterocycles. The van der Waals surface area contributed by atoms with Crippen LogP contribution in [0.25, 0.3) is 0 Å². The first kappa shape index (κ1) is 16.2. The van der Waals surface area contributed by atoms with E-state index in [0.717, 1.165) is 18.5 Å². The highest BCUT2D eigenvalue weighted by atomic mass is 32.2. The summed E-state index contributed by atoms with van der Waals surface area (Å²) in [6.07, 6.45) is 1.70. The molecule has 2 N–H and O–H groups in total. The van der Waals surface area contributed by atoms with E-state index in [4.69, 9.17) is 4.42 Å². The lowest BCUT2D eigenvalue weighted by Gasteiger charge is -2.03. The van der Waals surface area contributed by atoms with E-state index in [0.29, 0.717) is 25.3 Å². The number of hydrogen-bond acceptors (Lipinski definition) is 5. The third-order valence-electron chi connectivity index (χ3n) is 2.91. The number of furan rings is 1. The Morgan fingerprint density at radius 3 is 2.81 bits per heavy atom. The molecule has 0 fully saturated rings. The maximum absolute atomic E-state index is 12.1. The highest BCUT2D eigenvalue weighted by Gasteiger charge is 2.18. The van der Waals surface area contributed by atoms with Crippen molar-refractivity contribution < 1.29 is 12.8 Å². The smallest absolute Gasteiger partial charge is 0.273 e. The monoisotopic (exact) mass is 328 g/mol. The summed E-state index contributed by atoms with van der Waals surface area (Å²) in [6, 6.07) is 5.18. The van der Waals surface area contributed by atoms with Gasteiger partial charge in [-0.15, -0.1) is 0 Å². The molecule has 2 aromatic heterocycles. The Hall–Kier alpha value is -1.15. The molecule has 0 unspecified atom stereocenters. The van der Waals surface area contributed by atoms with Crippen LogP contribution in [0.3, 0.4) is 0 Å². The van der Waals surface area contributed by atoms with Crippen LogP contribution in [0.5, 0.6) is 0 Å². The molecule has 0 amide bonds. The molecule has 2 aromatic rings. The fourth-order valence-electron chi connectivity index (χ4n) is 1.82. The third-order valence-corrected chi connectivity index (χ3v) is 4.98. The van der Waals surface area contributed by atoms with Crippen LogP contribution in [0.15, 0.2) is 38.5 Å². The molecule has 0 radical (unpaired) electrons. The zero-order valence-electron chi connectivity index (χ0n) is 12.0. The second-order valence-corrected chi connectivity index (χ2v) is 7.15. The maximum Gasteiger partial charge on any atom is 0.273 e. The Bertz CT molecular complexity index is 633. The van der Waals surface area contributed by atoms with Gasteiger partial charge in [-0.3, -0.25) is 0 Å². The summed E-state index contributed by atoms with van der Waals surface area (Å²) in [7, 11) is -3.56. The van der Waals surface area contributed by atoms with Crippen LogP contribution in [0, 0.1) is 0 Å². The van der Waals surface area contributed by atoms with E-state index in [1.165, 1.54) is 6.07 Å². The van der Waals surface area contributed by atoms with Gasteiger partial charge in [-0.05, 0) is 53.9 Å². The van der Waals surface area contributed by atoms with Crippen molar-refractivity contribution in [1.82, 2.24) is 10.0 Å². The maximum atomic E-state index is 12.1. The van der Waals surface area contributed by atoms with E-state index in [9.17, 15) is 8.42 Å². The van der Waals surface area contributed by atoms with Crippen molar-refractivity contribution in [1.29, 1.82) is 0 Å². The van der Waals surface area contributed by atoms with Gasteiger partial charge in [0.25, 0.3) is 10.0 Å². The lowest BCUT2D eigenvalue weighted by atomic mass is 10.2. The van der Waals surface area contributed by atoms with Crippen molar-refractivity contribution in [2.75, 3.05) is 13.1 Å². The van der Waals surface area contributed by atoms with Crippen LogP contribution < -0.4 is 10.0 Å². The van der Waals surface area contributed by atoms with Gasteiger partial charge in [-0.1, -0.05) is 6.92 Å². The third kappa shape index (κ3) is 4.96. The van der Waals surface area contributed by atoms with Crippen molar-refractivity contribution in [3.05, 3.63) is 40.3 Å². The van der Waals surface area contributed by atoms with Crippen LogP contribution in [0.4, 0.5) is 0 Å². The van der Waals surface area contributed by atoms with Gasteiger partial charge in [-0.25, -0.2) is 13.1 Å². The molecule has 0 aromatic carbocycles. The van der Waals surface area contributed by atoms with Crippen molar-refractivity contribution in [2.45, 2.75) is 31.4 Å². The lowest BCUT2D eigenvalue weighted by molar-refractivity contribution is 0.400. The van der Waals surface area contributed by atoms with Gasteiger partial charge >= 0.3 is 0 Å². The Labute approximate surface area is 129 Å². The van der Waals surface area contributed by atoms with Gasteiger partial charge in [0.1, 0.15) is 5.76 Å². The Kier molecular flexibility index (Phi) is 5.98. The summed E-state index contributed by atoms with van der Waals surface area (Å²) >= 11 is 1.60. The zero-order chi connectivity index (χ0) is 15.1. The first-order chi connectivity index (χ1) is 10.1. The first-order valence-corrected chi connectivity index (χ1v) is 9.34. The normalized spacial score (nSPS) is 11.9. The molecule has 116 valence electrons. The van der Waals surface area contributed by atoms with E-state index < -0.39 is 10.0 Å². The van der Waals surface area contributed by atoms with E-state index in [1.54, 1.807) is 17.4 Å². The molecular formula is C14H20N2O3S2. The predicted octanol–water partition coefficient (Wildman–Crippen LogP) is 2.36. The number of thiophene rings is 1. The van der Waals surface area contributed by atoms with Crippen molar-refractivity contribution in [3.8, 4) is 0 Å². The predicted molar refractivity (Wildman–Crippen MR) is 83.9 cm³/mol. The van der Waals surface area contributed by atoms with Gasteiger partial charge in [0.05, 0.1) is 6.54 Å². The molecule has 2 rings (SSSR count). The molecule has 0 saturated heterocycles. The summed E-state index contributed by atoms with van der Waals surface area (Å²) in [4.78, 5) is 0. The molecule has 21 heavy (non-hydrogen) atoms. The van der Waals surface area contributed by atoms with Crippen LogP contribution in [0.1, 0.15) is 24.7 Å². The molecular weight excluding hydrogens is 308 g/mol. The highest BCUT2D eigenvalue weighted by molar-refractivity contribution is 7.89. The number of rotatable bonds is 9. The van der Waals surface area contributed by atoms with Gasteiger partial charge in [-0.2, -0.15) is 11.3 Å². The number of nitrogens with one attached hydrogen (secondary N) is 2. The van der Waals surface area contributed by atoms with Crippen LogP contribution in [-0.4, -0.2) is 21.5 Å². The van der Waals surface area contributed by atoms with Gasteiger partial charge in [0, 0.05) is 6.54 Å². The molecule has 0 spiro atoms. The van der Waals surface area contributed by atoms with Crippen molar-refractivity contribution >= 4 is 21.4 Å². The molecule has 0 aliphatic carbocycles. The summed E-state index contributed by atoms with van der Waals surface area (Å²) in [6.45, 7) is 3.85. The number of hydrogen-bond donors (Lipinski definition) is 2. The molecule has 0 bridgehead atoms. The van der Waals surface area contributed by atoms with E-state index >= 15 is 0 Å². The quantitative estimate of drug-likeness (QED) is 0.693. The topological polar surface area (TPSA) is 71.3 Å². The van der Waals surface area contributed by atoms with Crippen molar-refractivity contribution in [3.63, 3.8) is 0 Å². The zero-order valence-corrected chi connectivity index (χ0v) is 13.6. The largest absolute Gasteiger partial charge is 0.447 e. The van der Waals surface area contributed by atoms with E-state index in [1.807, 2.05) is 16.8 Å². The van der Waals surface area contributed by atoms with E-state index in [-0.39, 0.29) is 5.09 Å². The van der Waals surface area contributed by atoms with E-state index in [2.05, 4.69) is 17.0 Å². The molecule has 7 heteroatoms. The molecule has 5 nitrogen and oxygen atoms in total. The minimum atomic E-state index is -3.56. The minimum absolute atomic E-state index is 0.0267. The molecule has 0 aliphatic rings. The summed E-state index contributed by atoms with van der Waals surface area (Å²) < 4.78 is 32.1. The SMILES string of the molecule is CCCNCc1ccc(S(=O)(=O)NCCc2ccsc2)o1. The fraction of sp³-hybridized carbons (Fsp3) is 0.429. The Morgan fingerprint density at radius 2 is 2.10 bits per heavy atom. The highest BCUT2D eigenvalue weighted by Crippen LogP contribution is 2.14. The second-order valence-electron chi connectivity index (χ2n) is 4.68. The van der Waals surface area contributed by atoms with Crippen LogP contribution in [0.2, 0.25) is 0 Å². The standard InChI is InChI=1S/C14H20N2O3S2/c1-2-7-15-10-13-3-4-14(19-13)21(17,18)16-8-5-12-6-9-20-11-12/h3-4,6,9,11,15-16H,2,5,7-8,10H2,1H3.